The lowest BCUT2D eigenvalue weighted by Crippen LogP contribution is -1.77. The normalized spacial score (nSPS) is 11.7. The molecule has 0 aliphatic carbocycles. The molecule has 156 valence electrons. The third kappa shape index (κ3) is 6.59. The maximum Gasteiger partial charge on any atom is 0.0406 e. The topological polar surface area (TPSA) is 0 Å². The monoisotopic (exact) mass is 452 g/mol. The largest absolute Gasteiger partial charge is 0.0843 e. The molecule has 0 heterocycles. The van der Waals surface area contributed by atoms with Crippen LogP contribution in [0.25, 0.3) is 36.5 Å². The van der Waals surface area contributed by atoms with Crippen molar-refractivity contribution >= 4 is 59.7 Å². The molecule has 0 spiro atoms. The quantitative estimate of drug-likeness (QED) is 0.255. The first kappa shape index (κ1) is 21.9. The van der Waals surface area contributed by atoms with Gasteiger partial charge in [-0.2, -0.15) is 0 Å². The van der Waals surface area contributed by atoms with E-state index >= 15 is 0 Å². The molecule has 0 unspecified atom stereocenters. The van der Waals surface area contributed by atoms with Crippen molar-refractivity contribution in [3.8, 4) is 0 Å². The van der Waals surface area contributed by atoms with Crippen molar-refractivity contribution in [3.05, 3.63) is 140 Å². The van der Waals surface area contributed by atoms with Gasteiger partial charge in [-0.05, 0) is 57.6 Å². The summed E-state index contributed by atoms with van der Waals surface area (Å²) in [5.41, 5.74) is 6.92. The summed E-state index contributed by atoms with van der Waals surface area (Å²) in [5.74, 6) is 0. The van der Waals surface area contributed by atoms with Gasteiger partial charge in [0.15, 0.2) is 0 Å². The molecule has 0 radical (unpaired) electrons. The molecule has 0 aromatic heterocycles. The first-order valence-electron chi connectivity index (χ1n) is 10.4. The summed E-state index contributed by atoms with van der Waals surface area (Å²) in [4.78, 5) is 0. The minimum Gasteiger partial charge on any atom is -0.0843 e. The van der Waals surface area contributed by atoms with Crippen LogP contribution < -0.4 is 0 Å². The fraction of sp³-hybridized carbons (Fsp3) is 0. The van der Waals surface area contributed by atoms with Crippen molar-refractivity contribution in [2.45, 2.75) is 0 Å². The Morgan fingerprint density at radius 3 is 0.625 bits per heavy atom. The number of rotatable bonds is 6. The Morgan fingerprint density at radius 1 is 0.281 bits per heavy atom. The van der Waals surface area contributed by atoms with Gasteiger partial charge < -0.3 is 0 Å². The van der Waals surface area contributed by atoms with Crippen molar-refractivity contribution in [2.75, 3.05) is 0 Å². The summed E-state index contributed by atoms with van der Waals surface area (Å²) < 4.78 is 0. The van der Waals surface area contributed by atoms with Crippen LogP contribution in [-0.4, -0.2) is 0 Å². The van der Waals surface area contributed by atoms with Gasteiger partial charge in [-0.15, -0.1) is 0 Å². The van der Waals surface area contributed by atoms with Gasteiger partial charge in [-0.3, -0.25) is 0 Å². The highest BCUT2D eigenvalue weighted by molar-refractivity contribution is 6.30. The summed E-state index contributed by atoms with van der Waals surface area (Å²) in [5, 5.41) is 1.50. The zero-order chi connectivity index (χ0) is 22.2. The van der Waals surface area contributed by atoms with Crippen molar-refractivity contribution in [1.82, 2.24) is 0 Å². The Kier molecular flexibility index (Phi) is 7.40. The summed E-state index contributed by atoms with van der Waals surface area (Å²) in [6, 6.07) is 32.6. The highest BCUT2D eigenvalue weighted by Crippen LogP contribution is 2.16. The molecule has 0 atom stereocenters. The van der Waals surface area contributed by atoms with Gasteiger partial charge in [0.1, 0.15) is 0 Å². The van der Waals surface area contributed by atoms with E-state index in [0.29, 0.717) is 0 Å². The smallest absolute Gasteiger partial charge is 0.0406 e. The van der Waals surface area contributed by atoms with Gasteiger partial charge in [-0.25, -0.2) is 0 Å². The van der Waals surface area contributed by atoms with Gasteiger partial charge in [0.05, 0.1) is 0 Å². The highest BCUT2D eigenvalue weighted by atomic mass is 35.5. The van der Waals surface area contributed by atoms with E-state index in [9.17, 15) is 0 Å². The van der Waals surface area contributed by atoms with Gasteiger partial charge in [-0.1, -0.05) is 132 Å². The van der Waals surface area contributed by atoms with Crippen molar-refractivity contribution in [2.24, 2.45) is 0 Å². The van der Waals surface area contributed by atoms with Crippen LogP contribution in [0.3, 0.4) is 0 Å². The summed E-state index contributed by atoms with van der Waals surface area (Å²) in [6.45, 7) is 0. The molecule has 0 saturated heterocycles. The standard InChI is InChI=1S/C30H22Cl2/c31-29-19-15-27(16-20-29)13-11-25-7-3-23(4-8-25)1-2-24-5-9-26(10-6-24)12-14-28-17-21-30(32)22-18-28/h1-22H. The Morgan fingerprint density at radius 2 is 0.438 bits per heavy atom. The zero-order valence-electron chi connectivity index (χ0n) is 17.5. The van der Waals surface area contributed by atoms with Crippen molar-refractivity contribution < 1.29 is 0 Å². The van der Waals surface area contributed by atoms with Crippen LogP contribution in [0.5, 0.6) is 0 Å². The molecule has 0 bridgehead atoms. The fourth-order valence-electron chi connectivity index (χ4n) is 3.16. The predicted molar refractivity (Wildman–Crippen MR) is 143 cm³/mol. The van der Waals surface area contributed by atoms with Crippen LogP contribution in [0.4, 0.5) is 0 Å². The Hall–Kier alpha value is -3.32. The SMILES string of the molecule is Clc1ccc(C=Cc2ccc(C=Cc3ccc(C=Cc4ccc(Cl)cc4)cc3)cc2)cc1. The molecule has 0 nitrogen and oxygen atoms in total. The molecule has 4 aromatic rings. The number of hydrogen-bond donors (Lipinski definition) is 0. The van der Waals surface area contributed by atoms with E-state index in [0.717, 1.165) is 32.3 Å². The lowest BCUT2D eigenvalue weighted by Gasteiger charge is -1.99. The van der Waals surface area contributed by atoms with Crippen LogP contribution in [0.1, 0.15) is 33.4 Å². The second kappa shape index (κ2) is 10.8. The predicted octanol–water partition coefficient (Wildman–Crippen LogP) is 9.50. The first-order chi connectivity index (χ1) is 15.6. The maximum atomic E-state index is 5.93. The number of benzene rings is 4. The van der Waals surface area contributed by atoms with Crippen LogP contribution in [-0.2, 0) is 0 Å². The molecule has 4 aromatic carbocycles. The van der Waals surface area contributed by atoms with Crippen molar-refractivity contribution in [3.63, 3.8) is 0 Å². The molecule has 0 N–H and O–H groups in total. The Balaban J connectivity index is 1.35. The summed E-state index contributed by atoms with van der Waals surface area (Å²) >= 11 is 11.9. The third-order valence-electron chi connectivity index (χ3n) is 5.02. The van der Waals surface area contributed by atoms with Gasteiger partial charge >= 0.3 is 0 Å². The second-order valence-electron chi connectivity index (χ2n) is 7.44. The molecule has 0 saturated carbocycles. The molecule has 0 aliphatic heterocycles. The van der Waals surface area contributed by atoms with Gasteiger partial charge in [0.25, 0.3) is 0 Å². The van der Waals surface area contributed by atoms with E-state index in [1.165, 1.54) is 11.1 Å². The summed E-state index contributed by atoms with van der Waals surface area (Å²) in [7, 11) is 0. The molecule has 2 heteroatoms. The second-order valence-corrected chi connectivity index (χ2v) is 8.31. The Labute approximate surface area is 199 Å². The van der Waals surface area contributed by atoms with E-state index in [2.05, 4.69) is 85.0 Å². The molecule has 0 fully saturated rings. The molecular weight excluding hydrogens is 431 g/mol. The highest BCUT2D eigenvalue weighted by Gasteiger charge is 1.93. The fourth-order valence-corrected chi connectivity index (χ4v) is 3.41. The van der Waals surface area contributed by atoms with E-state index in [-0.39, 0.29) is 0 Å². The molecular formula is C30H22Cl2. The van der Waals surface area contributed by atoms with Gasteiger partial charge in [0, 0.05) is 10.0 Å². The van der Waals surface area contributed by atoms with E-state index in [1.54, 1.807) is 0 Å². The van der Waals surface area contributed by atoms with Crippen LogP contribution >= 0.6 is 23.2 Å². The third-order valence-corrected chi connectivity index (χ3v) is 5.52. The lowest BCUT2D eigenvalue weighted by atomic mass is 10.1. The number of halogens is 2. The number of hydrogen-bond acceptors (Lipinski definition) is 0. The van der Waals surface area contributed by atoms with Gasteiger partial charge in [0.2, 0.25) is 0 Å². The van der Waals surface area contributed by atoms with Crippen LogP contribution in [0, 0.1) is 0 Å². The minimum atomic E-state index is 0.752. The zero-order valence-corrected chi connectivity index (χ0v) is 19.0. The summed E-state index contributed by atoms with van der Waals surface area (Å²) in [6.07, 6.45) is 12.6. The average molecular weight is 453 g/mol. The van der Waals surface area contributed by atoms with E-state index in [4.69, 9.17) is 23.2 Å². The Bertz CT molecular complexity index is 1130. The lowest BCUT2D eigenvalue weighted by molar-refractivity contribution is 1.60. The van der Waals surface area contributed by atoms with Crippen molar-refractivity contribution in [1.29, 1.82) is 0 Å². The molecule has 4 rings (SSSR count). The molecule has 0 amide bonds. The van der Waals surface area contributed by atoms with E-state index in [1.807, 2.05) is 48.5 Å². The molecule has 0 aliphatic rings. The minimum absolute atomic E-state index is 0.752. The van der Waals surface area contributed by atoms with E-state index < -0.39 is 0 Å². The molecule has 32 heavy (non-hydrogen) atoms. The van der Waals surface area contributed by atoms with Crippen LogP contribution in [0.15, 0.2) is 97.1 Å². The first-order valence-corrected chi connectivity index (χ1v) is 11.2. The maximum absolute atomic E-state index is 5.93. The van der Waals surface area contributed by atoms with Crippen LogP contribution in [0.2, 0.25) is 10.0 Å². The average Bonchev–Trinajstić information content (AvgIpc) is 2.83.